The van der Waals surface area contributed by atoms with Crippen LogP contribution >= 0.6 is 0 Å². The molecule has 1 amide bonds. The molecule has 0 saturated heterocycles. The first-order valence-electron chi connectivity index (χ1n) is 11.7. The van der Waals surface area contributed by atoms with E-state index in [4.69, 9.17) is 4.74 Å². The molecule has 8 heteroatoms. The monoisotopic (exact) mass is 496 g/mol. The Morgan fingerprint density at radius 3 is 2.31 bits per heavy atom. The number of para-hydroxylation sites is 2. The lowest BCUT2D eigenvalue weighted by atomic mass is 9.83. The first-order valence-corrected chi connectivity index (χ1v) is 13.1. The number of amides is 1. The van der Waals surface area contributed by atoms with Crippen molar-refractivity contribution in [3.63, 3.8) is 0 Å². The lowest BCUT2D eigenvalue weighted by molar-refractivity contribution is -0.121. The van der Waals surface area contributed by atoms with Gasteiger partial charge in [0.25, 0.3) is 10.0 Å². The van der Waals surface area contributed by atoms with Crippen LogP contribution < -0.4 is 14.4 Å². The highest BCUT2D eigenvalue weighted by Crippen LogP contribution is 2.42. The van der Waals surface area contributed by atoms with Crippen molar-refractivity contribution in [3.05, 3.63) is 90.2 Å². The van der Waals surface area contributed by atoms with E-state index in [1.54, 1.807) is 18.2 Å². The number of fused-ring (bicyclic) bond motifs is 1. The second-order valence-corrected chi connectivity index (χ2v) is 10.5. The number of halogens is 1. The quantitative estimate of drug-likeness (QED) is 0.464. The van der Waals surface area contributed by atoms with Crippen LogP contribution in [0.1, 0.15) is 44.7 Å². The van der Waals surface area contributed by atoms with E-state index in [0.717, 1.165) is 22.7 Å². The summed E-state index contributed by atoms with van der Waals surface area (Å²) in [6.45, 7) is 3.52. The number of hydrogen-bond acceptors (Lipinski definition) is 4. The van der Waals surface area contributed by atoms with E-state index in [1.165, 1.54) is 36.4 Å². The standard InChI is InChI=1S/C27H29FN2O4S/c1-3-27(4-2)18-23(21-14-8-11-17-25(21)34-27)29-26(31)19-30(24-16-10-9-15-22(24)28)35(32,33)20-12-6-5-7-13-20/h5-17,23H,3-4,18-19H2,1-2H3,(H,29,31). The number of carbonyl (C=O) groups excluding carboxylic acids is 1. The average molecular weight is 497 g/mol. The third-order valence-electron chi connectivity index (χ3n) is 6.56. The van der Waals surface area contributed by atoms with Gasteiger partial charge in [-0.05, 0) is 43.2 Å². The lowest BCUT2D eigenvalue weighted by Crippen LogP contribution is -2.47. The van der Waals surface area contributed by atoms with Gasteiger partial charge in [0, 0.05) is 12.0 Å². The Hall–Kier alpha value is -3.39. The molecular formula is C27H29FN2O4S. The summed E-state index contributed by atoms with van der Waals surface area (Å²) in [5.41, 5.74) is 0.213. The van der Waals surface area contributed by atoms with Crippen molar-refractivity contribution >= 4 is 21.6 Å². The van der Waals surface area contributed by atoms with Crippen LogP contribution in [-0.2, 0) is 14.8 Å². The van der Waals surface area contributed by atoms with Gasteiger partial charge in [-0.25, -0.2) is 12.8 Å². The summed E-state index contributed by atoms with van der Waals surface area (Å²) in [6, 6.07) is 20.4. The normalized spacial score (nSPS) is 16.6. The molecule has 3 aromatic rings. The SMILES string of the molecule is CCC1(CC)CC(NC(=O)CN(c2ccccc2F)S(=O)(=O)c2ccccc2)c2ccccc2O1. The summed E-state index contributed by atoms with van der Waals surface area (Å²) in [6.07, 6.45) is 2.07. The minimum Gasteiger partial charge on any atom is -0.487 e. The van der Waals surface area contributed by atoms with Crippen molar-refractivity contribution in [1.82, 2.24) is 5.32 Å². The molecule has 1 aliphatic heterocycles. The molecule has 1 N–H and O–H groups in total. The summed E-state index contributed by atoms with van der Waals surface area (Å²) >= 11 is 0. The Balaban J connectivity index is 1.66. The predicted molar refractivity (Wildman–Crippen MR) is 133 cm³/mol. The predicted octanol–water partition coefficient (Wildman–Crippen LogP) is 5.22. The van der Waals surface area contributed by atoms with Gasteiger partial charge in [0.2, 0.25) is 5.91 Å². The van der Waals surface area contributed by atoms with Crippen LogP contribution in [-0.4, -0.2) is 26.5 Å². The van der Waals surface area contributed by atoms with E-state index >= 15 is 0 Å². The average Bonchev–Trinajstić information content (AvgIpc) is 2.88. The highest BCUT2D eigenvalue weighted by atomic mass is 32.2. The Labute approximate surface area is 205 Å². The first-order chi connectivity index (χ1) is 16.8. The molecule has 1 aliphatic rings. The molecule has 0 bridgehead atoms. The molecule has 4 rings (SSSR count). The van der Waals surface area contributed by atoms with Crippen molar-refractivity contribution in [2.45, 2.75) is 49.6 Å². The molecule has 184 valence electrons. The molecule has 0 aromatic heterocycles. The Kier molecular flexibility index (Phi) is 7.12. The number of carbonyl (C=O) groups is 1. The van der Waals surface area contributed by atoms with E-state index < -0.39 is 33.9 Å². The molecule has 1 heterocycles. The van der Waals surface area contributed by atoms with E-state index in [2.05, 4.69) is 5.32 Å². The van der Waals surface area contributed by atoms with Gasteiger partial charge in [-0.15, -0.1) is 0 Å². The number of anilines is 1. The smallest absolute Gasteiger partial charge is 0.264 e. The second-order valence-electron chi connectivity index (χ2n) is 8.63. The van der Waals surface area contributed by atoms with Crippen LogP contribution in [0.25, 0.3) is 0 Å². The van der Waals surface area contributed by atoms with Crippen molar-refractivity contribution in [2.24, 2.45) is 0 Å². The third kappa shape index (κ3) is 5.03. The van der Waals surface area contributed by atoms with Gasteiger partial charge < -0.3 is 10.1 Å². The largest absolute Gasteiger partial charge is 0.487 e. The zero-order chi connectivity index (χ0) is 25.1. The fourth-order valence-electron chi connectivity index (χ4n) is 4.47. The number of hydrogen-bond donors (Lipinski definition) is 1. The summed E-state index contributed by atoms with van der Waals surface area (Å²) in [7, 11) is -4.20. The van der Waals surface area contributed by atoms with Gasteiger partial charge in [0.1, 0.15) is 23.7 Å². The Morgan fingerprint density at radius 2 is 1.63 bits per heavy atom. The number of nitrogens with one attached hydrogen (secondary N) is 1. The number of nitrogens with zero attached hydrogens (tertiary/aromatic N) is 1. The molecule has 6 nitrogen and oxygen atoms in total. The van der Waals surface area contributed by atoms with Gasteiger partial charge in [-0.3, -0.25) is 9.10 Å². The summed E-state index contributed by atoms with van der Waals surface area (Å²) in [5.74, 6) is -0.557. The maximum Gasteiger partial charge on any atom is 0.264 e. The van der Waals surface area contributed by atoms with Crippen LogP contribution in [0.3, 0.4) is 0 Å². The van der Waals surface area contributed by atoms with Crippen LogP contribution in [0.2, 0.25) is 0 Å². The fourth-order valence-corrected chi connectivity index (χ4v) is 5.92. The van der Waals surface area contributed by atoms with Crippen LogP contribution in [0.4, 0.5) is 10.1 Å². The highest BCUT2D eigenvalue weighted by molar-refractivity contribution is 7.92. The minimum atomic E-state index is -4.20. The fraction of sp³-hybridized carbons (Fsp3) is 0.296. The highest BCUT2D eigenvalue weighted by Gasteiger charge is 2.39. The topological polar surface area (TPSA) is 75.7 Å². The molecule has 3 aromatic carbocycles. The zero-order valence-electron chi connectivity index (χ0n) is 19.8. The summed E-state index contributed by atoms with van der Waals surface area (Å²) < 4.78 is 48.8. The maximum absolute atomic E-state index is 14.7. The van der Waals surface area contributed by atoms with Gasteiger partial charge >= 0.3 is 0 Å². The van der Waals surface area contributed by atoms with E-state index in [1.807, 2.05) is 38.1 Å². The molecule has 0 radical (unpaired) electrons. The van der Waals surface area contributed by atoms with Gasteiger partial charge in [0.15, 0.2) is 0 Å². The molecule has 1 unspecified atom stereocenters. The van der Waals surface area contributed by atoms with E-state index in [-0.39, 0.29) is 16.6 Å². The zero-order valence-corrected chi connectivity index (χ0v) is 20.6. The van der Waals surface area contributed by atoms with Crippen molar-refractivity contribution in [3.8, 4) is 5.75 Å². The number of sulfonamides is 1. The molecule has 0 spiro atoms. The van der Waals surface area contributed by atoms with Crippen LogP contribution in [0, 0.1) is 5.82 Å². The lowest BCUT2D eigenvalue weighted by Gasteiger charge is -2.41. The molecule has 1 atom stereocenters. The number of ether oxygens (including phenoxy) is 1. The molecule has 0 saturated carbocycles. The van der Waals surface area contributed by atoms with Gasteiger partial charge in [0.05, 0.1) is 16.6 Å². The third-order valence-corrected chi connectivity index (χ3v) is 8.33. The Bertz CT molecular complexity index is 1290. The summed E-state index contributed by atoms with van der Waals surface area (Å²) in [4.78, 5) is 13.3. The Morgan fingerprint density at radius 1 is 1.00 bits per heavy atom. The first kappa shape index (κ1) is 24.7. The molecule has 35 heavy (non-hydrogen) atoms. The van der Waals surface area contributed by atoms with Crippen LogP contribution in [0.5, 0.6) is 5.75 Å². The molecule has 0 fully saturated rings. The van der Waals surface area contributed by atoms with Crippen molar-refractivity contribution < 1.29 is 22.3 Å². The molecular weight excluding hydrogens is 467 g/mol. The van der Waals surface area contributed by atoms with Crippen LogP contribution in [0.15, 0.2) is 83.8 Å². The summed E-state index contributed by atoms with van der Waals surface area (Å²) in [5, 5.41) is 2.99. The maximum atomic E-state index is 14.7. The number of rotatable bonds is 8. The molecule has 0 aliphatic carbocycles. The second kappa shape index (κ2) is 10.1. The van der Waals surface area contributed by atoms with Gasteiger partial charge in [-0.1, -0.05) is 62.4 Å². The van der Waals surface area contributed by atoms with Crippen molar-refractivity contribution in [2.75, 3.05) is 10.8 Å². The minimum absolute atomic E-state index is 0.0246. The van der Waals surface area contributed by atoms with Crippen molar-refractivity contribution in [1.29, 1.82) is 0 Å². The van der Waals surface area contributed by atoms with Gasteiger partial charge in [-0.2, -0.15) is 0 Å². The van der Waals surface area contributed by atoms with E-state index in [9.17, 15) is 17.6 Å². The van der Waals surface area contributed by atoms with E-state index in [0.29, 0.717) is 12.2 Å². The number of benzene rings is 3.